The van der Waals surface area contributed by atoms with E-state index >= 15 is 0 Å². The minimum absolute atomic E-state index is 0.488. The normalized spacial score (nSPS) is 21.0. The van der Waals surface area contributed by atoms with Crippen molar-refractivity contribution in [3.05, 3.63) is 0 Å². The molecule has 0 unspecified atom stereocenters. The van der Waals surface area contributed by atoms with Gasteiger partial charge in [0, 0.05) is 25.0 Å². The molecule has 0 N–H and O–H groups in total. The number of rotatable bonds is 3. The van der Waals surface area contributed by atoms with Crippen LogP contribution in [0.1, 0.15) is 12.8 Å². The van der Waals surface area contributed by atoms with E-state index in [0.29, 0.717) is 23.6 Å². The lowest BCUT2D eigenvalue weighted by atomic mass is 9.88. The highest BCUT2D eigenvalue weighted by Gasteiger charge is 2.22. The summed E-state index contributed by atoms with van der Waals surface area (Å²) < 4.78 is 5.25. The molecule has 1 aliphatic rings. The molecular formula is C8H14Cl2O. The van der Waals surface area contributed by atoms with Gasteiger partial charge in [0.05, 0.1) is 0 Å². The highest BCUT2D eigenvalue weighted by Crippen LogP contribution is 2.25. The maximum absolute atomic E-state index is 5.78. The van der Waals surface area contributed by atoms with E-state index in [1.807, 2.05) is 0 Å². The molecule has 11 heavy (non-hydrogen) atoms. The number of hydrogen-bond acceptors (Lipinski definition) is 1. The van der Waals surface area contributed by atoms with Gasteiger partial charge in [-0.3, -0.25) is 0 Å². The Morgan fingerprint density at radius 2 is 1.73 bits per heavy atom. The van der Waals surface area contributed by atoms with E-state index < -0.39 is 0 Å². The van der Waals surface area contributed by atoms with Crippen molar-refractivity contribution < 1.29 is 4.74 Å². The van der Waals surface area contributed by atoms with Gasteiger partial charge in [-0.15, -0.1) is 23.2 Å². The van der Waals surface area contributed by atoms with Crippen LogP contribution in [-0.4, -0.2) is 25.0 Å². The van der Waals surface area contributed by atoms with Crippen molar-refractivity contribution >= 4 is 23.2 Å². The quantitative estimate of drug-likeness (QED) is 0.631. The first-order valence-corrected chi connectivity index (χ1v) is 5.15. The Morgan fingerprint density at radius 1 is 1.18 bits per heavy atom. The van der Waals surface area contributed by atoms with Crippen LogP contribution in [0.2, 0.25) is 0 Å². The molecule has 1 fully saturated rings. The second-order valence-corrected chi connectivity index (χ2v) is 3.64. The summed E-state index contributed by atoms with van der Waals surface area (Å²) in [4.78, 5) is 0. The van der Waals surface area contributed by atoms with Gasteiger partial charge in [-0.2, -0.15) is 0 Å². The molecule has 66 valence electrons. The summed E-state index contributed by atoms with van der Waals surface area (Å²) in [7, 11) is 0. The third kappa shape index (κ3) is 2.81. The Kier molecular flexibility index (Phi) is 4.58. The molecule has 1 aliphatic heterocycles. The molecule has 1 heterocycles. The van der Waals surface area contributed by atoms with Crippen molar-refractivity contribution in [1.82, 2.24) is 0 Å². The molecule has 1 nitrogen and oxygen atoms in total. The lowest BCUT2D eigenvalue weighted by Crippen LogP contribution is -2.25. The van der Waals surface area contributed by atoms with Crippen LogP contribution in [0.4, 0.5) is 0 Å². The summed E-state index contributed by atoms with van der Waals surface area (Å²) in [6.45, 7) is 1.77. The van der Waals surface area contributed by atoms with Crippen LogP contribution in [-0.2, 0) is 4.74 Å². The van der Waals surface area contributed by atoms with Crippen LogP contribution in [0.15, 0.2) is 0 Å². The average Bonchev–Trinajstić information content (AvgIpc) is 2.09. The van der Waals surface area contributed by atoms with Crippen LogP contribution >= 0.6 is 23.2 Å². The summed E-state index contributed by atoms with van der Waals surface area (Å²) >= 11 is 11.6. The van der Waals surface area contributed by atoms with Crippen LogP contribution in [0, 0.1) is 11.8 Å². The minimum atomic E-state index is 0.488. The first-order chi connectivity index (χ1) is 5.38. The lowest BCUT2D eigenvalue weighted by Gasteiger charge is -2.27. The van der Waals surface area contributed by atoms with E-state index in [0.717, 1.165) is 26.1 Å². The fourth-order valence-corrected chi connectivity index (χ4v) is 2.31. The molecule has 0 radical (unpaired) electrons. The maximum atomic E-state index is 5.78. The van der Waals surface area contributed by atoms with Gasteiger partial charge in [0.1, 0.15) is 0 Å². The molecule has 0 aromatic rings. The van der Waals surface area contributed by atoms with Gasteiger partial charge in [-0.25, -0.2) is 0 Å². The van der Waals surface area contributed by atoms with E-state index in [9.17, 15) is 0 Å². The van der Waals surface area contributed by atoms with Gasteiger partial charge < -0.3 is 4.74 Å². The molecule has 0 aromatic carbocycles. The van der Waals surface area contributed by atoms with E-state index in [1.165, 1.54) is 0 Å². The molecule has 0 aromatic heterocycles. The van der Waals surface area contributed by atoms with E-state index in [1.54, 1.807) is 0 Å². The van der Waals surface area contributed by atoms with Crippen molar-refractivity contribution in [3.63, 3.8) is 0 Å². The summed E-state index contributed by atoms with van der Waals surface area (Å²) in [5, 5.41) is 0. The van der Waals surface area contributed by atoms with E-state index in [2.05, 4.69) is 0 Å². The first-order valence-electron chi connectivity index (χ1n) is 4.08. The van der Waals surface area contributed by atoms with Gasteiger partial charge in [-0.1, -0.05) is 0 Å². The third-order valence-electron chi connectivity index (χ3n) is 2.33. The fraction of sp³-hybridized carbons (Fsp3) is 1.00. The number of hydrogen-bond donors (Lipinski definition) is 0. The topological polar surface area (TPSA) is 9.23 Å². The maximum Gasteiger partial charge on any atom is 0.0468 e. The smallest absolute Gasteiger partial charge is 0.0468 e. The van der Waals surface area contributed by atoms with Crippen molar-refractivity contribution in [1.29, 1.82) is 0 Å². The minimum Gasteiger partial charge on any atom is -0.381 e. The van der Waals surface area contributed by atoms with Crippen LogP contribution in [0.25, 0.3) is 0 Å². The Morgan fingerprint density at radius 3 is 2.18 bits per heavy atom. The van der Waals surface area contributed by atoms with Crippen molar-refractivity contribution in [2.45, 2.75) is 12.8 Å². The number of alkyl halides is 2. The molecular weight excluding hydrogens is 183 g/mol. The SMILES string of the molecule is ClCC(CCl)C1CCOCC1. The molecule has 1 rings (SSSR count). The molecule has 0 atom stereocenters. The molecule has 1 saturated heterocycles. The van der Waals surface area contributed by atoms with Gasteiger partial charge >= 0.3 is 0 Å². The number of halogens is 2. The van der Waals surface area contributed by atoms with Crippen LogP contribution in [0.5, 0.6) is 0 Å². The van der Waals surface area contributed by atoms with Gasteiger partial charge in [0.15, 0.2) is 0 Å². The molecule has 0 bridgehead atoms. The summed E-state index contributed by atoms with van der Waals surface area (Å²) in [6.07, 6.45) is 2.26. The predicted octanol–water partition coefficient (Wildman–Crippen LogP) is 2.51. The van der Waals surface area contributed by atoms with Crippen LogP contribution in [0.3, 0.4) is 0 Å². The zero-order valence-electron chi connectivity index (χ0n) is 6.56. The highest BCUT2D eigenvalue weighted by atomic mass is 35.5. The van der Waals surface area contributed by atoms with Crippen LogP contribution < -0.4 is 0 Å². The standard InChI is InChI=1S/C8H14Cl2O/c9-5-8(6-10)7-1-3-11-4-2-7/h7-8H,1-6H2. The first kappa shape index (κ1) is 9.63. The van der Waals surface area contributed by atoms with E-state index in [4.69, 9.17) is 27.9 Å². The second-order valence-electron chi connectivity index (χ2n) is 3.02. The highest BCUT2D eigenvalue weighted by molar-refractivity contribution is 6.20. The van der Waals surface area contributed by atoms with Gasteiger partial charge in [0.2, 0.25) is 0 Å². The summed E-state index contributed by atoms with van der Waals surface area (Å²) in [5.74, 6) is 2.56. The lowest BCUT2D eigenvalue weighted by molar-refractivity contribution is 0.0532. The zero-order valence-corrected chi connectivity index (χ0v) is 8.07. The Bertz CT molecular complexity index is 98.3. The summed E-state index contributed by atoms with van der Waals surface area (Å²) in [6, 6.07) is 0. The predicted molar refractivity (Wildman–Crippen MR) is 48.5 cm³/mol. The Balaban J connectivity index is 2.30. The summed E-state index contributed by atoms with van der Waals surface area (Å²) in [5.41, 5.74) is 0. The Labute approximate surface area is 78.0 Å². The fourth-order valence-electron chi connectivity index (χ4n) is 1.48. The van der Waals surface area contributed by atoms with Gasteiger partial charge in [-0.05, 0) is 24.7 Å². The largest absolute Gasteiger partial charge is 0.381 e. The molecule has 0 aliphatic carbocycles. The van der Waals surface area contributed by atoms with Crippen molar-refractivity contribution in [3.8, 4) is 0 Å². The average molecular weight is 197 g/mol. The van der Waals surface area contributed by atoms with Crippen molar-refractivity contribution in [2.75, 3.05) is 25.0 Å². The van der Waals surface area contributed by atoms with Crippen molar-refractivity contribution in [2.24, 2.45) is 11.8 Å². The van der Waals surface area contributed by atoms with E-state index in [-0.39, 0.29) is 0 Å². The monoisotopic (exact) mass is 196 g/mol. The number of ether oxygens (including phenoxy) is 1. The second kappa shape index (κ2) is 5.23. The molecule has 0 amide bonds. The molecule has 0 saturated carbocycles. The third-order valence-corrected chi connectivity index (χ3v) is 3.12. The zero-order chi connectivity index (χ0) is 8.10. The Hall–Kier alpha value is 0.540. The van der Waals surface area contributed by atoms with Gasteiger partial charge in [0.25, 0.3) is 0 Å². The molecule has 3 heteroatoms. The molecule has 0 spiro atoms.